The fourth-order valence-electron chi connectivity index (χ4n) is 1.60. The number of carboxylic acids is 1. The van der Waals surface area contributed by atoms with E-state index in [0.29, 0.717) is 18.0 Å². The van der Waals surface area contributed by atoms with E-state index in [1.165, 1.54) is 12.1 Å². The van der Waals surface area contributed by atoms with E-state index < -0.39 is 11.9 Å². The van der Waals surface area contributed by atoms with Gasteiger partial charge in [0.15, 0.2) is 0 Å². The number of nitrogens with one attached hydrogen (secondary N) is 1. The molecule has 0 bridgehead atoms. The van der Waals surface area contributed by atoms with Gasteiger partial charge in [-0.3, -0.25) is 4.79 Å². The van der Waals surface area contributed by atoms with E-state index in [-0.39, 0.29) is 16.3 Å². The lowest BCUT2D eigenvalue weighted by molar-refractivity contribution is 0.0660. The molecule has 104 valence electrons. The Bertz CT molecular complexity index is 666. The van der Waals surface area contributed by atoms with Crippen molar-refractivity contribution in [1.29, 1.82) is 0 Å². The molecule has 1 heterocycles. The van der Waals surface area contributed by atoms with E-state index in [2.05, 4.69) is 5.32 Å². The van der Waals surface area contributed by atoms with Crippen molar-refractivity contribution in [3.05, 3.63) is 52.4 Å². The Morgan fingerprint density at radius 1 is 1.30 bits per heavy atom. The standard InChI is InChI=1S/C13H11ClN2O4/c14-10-5-7(1-3-9(10)12(15)17)16-6-8-2-4-11(20-8)13(18)19/h1-5,16H,6H2,(H2,15,17)(H,18,19). The molecule has 1 aromatic heterocycles. The lowest BCUT2D eigenvalue weighted by Gasteiger charge is -2.06. The van der Waals surface area contributed by atoms with Gasteiger partial charge in [-0.15, -0.1) is 0 Å². The van der Waals surface area contributed by atoms with Gasteiger partial charge in [0.05, 0.1) is 17.1 Å². The van der Waals surface area contributed by atoms with Gasteiger partial charge in [-0.05, 0) is 30.3 Å². The highest BCUT2D eigenvalue weighted by Gasteiger charge is 2.10. The summed E-state index contributed by atoms with van der Waals surface area (Å²) in [6, 6.07) is 7.66. The first kappa shape index (κ1) is 14.0. The van der Waals surface area contributed by atoms with Crippen LogP contribution in [-0.2, 0) is 6.54 Å². The molecule has 7 heteroatoms. The van der Waals surface area contributed by atoms with Crippen LogP contribution in [0.2, 0.25) is 5.02 Å². The molecule has 4 N–H and O–H groups in total. The first-order valence-electron chi connectivity index (χ1n) is 5.62. The SMILES string of the molecule is NC(=O)c1ccc(NCc2ccc(C(=O)O)o2)cc1Cl. The van der Waals surface area contributed by atoms with Gasteiger partial charge in [0.1, 0.15) is 5.76 Å². The minimum absolute atomic E-state index is 0.121. The molecule has 0 radical (unpaired) electrons. The largest absolute Gasteiger partial charge is 0.475 e. The lowest BCUT2D eigenvalue weighted by atomic mass is 10.2. The number of halogens is 1. The summed E-state index contributed by atoms with van der Waals surface area (Å²) in [5, 5.41) is 12.0. The van der Waals surface area contributed by atoms with E-state index >= 15 is 0 Å². The van der Waals surface area contributed by atoms with E-state index in [1.54, 1.807) is 18.2 Å². The first-order chi connectivity index (χ1) is 9.47. The zero-order chi connectivity index (χ0) is 14.7. The maximum atomic E-state index is 11.0. The van der Waals surface area contributed by atoms with Crippen molar-refractivity contribution in [2.24, 2.45) is 5.73 Å². The predicted octanol–water partition coefficient (Wildman–Crippen LogP) is 2.34. The molecule has 0 aliphatic rings. The number of hydrogen-bond acceptors (Lipinski definition) is 4. The molecule has 1 amide bonds. The van der Waals surface area contributed by atoms with Gasteiger partial charge in [0.25, 0.3) is 0 Å². The number of hydrogen-bond donors (Lipinski definition) is 3. The van der Waals surface area contributed by atoms with Crippen LogP contribution in [0.25, 0.3) is 0 Å². The summed E-state index contributed by atoms with van der Waals surface area (Å²) in [4.78, 5) is 21.7. The summed E-state index contributed by atoms with van der Waals surface area (Å²) in [5.74, 6) is -1.37. The zero-order valence-corrected chi connectivity index (χ0v) is 11.0. The average Bonchev–Trinajstić information content (AvgIpc) is 2.85. The number of carboxylic acid groups (broad SMARTS) is 1. The number of carbonyl (C=O) groups is 2. The number of benzene rings is 1. The molecule has 0 fully saturated rings. The van der Waals surface area contributed by atoms with E-state index in [0.717, 1.165) is 0 Å². The quantitative estimate of drug-likeness (QED) is 0.785. The van der Waals surface area contributed by atoms with E-state index in [1.807, 2.05) is 0 Å². The third-order valence-electron chi connectivity index (χ3n) is 2.57. The molecule has 0 aliphatic carbocycles. The van der Waals surface area contributed by atoms with Crippen molar-refractivity contribution in [3.63, 3.8) is 0 Å². The van der Waals surface area contributed by atoms with E-state index in [9.17, 15) is 9.59 Å². The van der Waals surface area contributed by atoms with Gasteiger partial charge in [0.2, 0.25) is 11.7 Å². The Balaban J connectivity index is 2.05. The fraction of sp³-hybridized carbons (Fsp3) is 0.0769. The maximum Gasteiger partial charge on any atom is 0.371 e. The van der Waals surface area contributed by atoms with Gasteiger partial charge in [0, 0.05) is 5.69 Å². The van der Waals surface area contributed by atoms with Gasteiger partial charge >= 0.3 is 5.97 Å². The van der Waals surface area contributed by atoms with Crippen LogP contribution in [0.5, 0.6) is 0 Å². The molecule has 0 spiro atoms. The Hall–Kier alpha value is -2.47. The van der Waals surface area contributed by atoms with Gasteiger partial charge in [-0.2, -0.15) is 0 Å². The second kappa shape index (κ2) is 5.66. The molecule has 0 unspecified atom stereocenters. The molecular formula is C13H11ClN2O4. The van der Waals surface area contributed by atoms with Gasteiger partial charge in [-0.1, -0.05) is 11.6 Å². The molecule has 6 nitrogen and oxygen atoms in total. The van der Waals surface area contributed by atoms with Crippen molar-refractivity contribution >= 4 is 29.2 Å². The molecule has 20 heavy (non-hydrogen) atoms. The molecule has 0 saturated heterocycles. The Morgan fingerprint density at radius 2 is 2.05 bits per heavy atom. The maximum absolute atomic E-state index is 11.0. The Labute approximate surface area is 119 Å². The smallest absolute Gasteiger partial charge is 0.371 e. The number of rotatable bonds is 5. The summed E-state index contributed by atoms with van der Waals surface area (Å²) in [5.41, 5.74) is 6.05. The average molecular weight is 295 g/mol. The topological polar surface area (TPSA) is 106 Å². The normalized spacial score (nSPS) is 10.2. The summed E-state index contributed by atoms with van der Waals surface area (Å²) < 4.78 is 5.09. The molecule has 2 rings (SSSR count). The summed E-state index contributed by atoms with van der Waals surface area (Å²) in [6.45, 7) is 0.291. The highest BCUT2D eigenvalue weighted by molar-refractivity contribution is 6.34. The fourth-order valence-corrected chi connectivity index (χ4v) is 1.88. The van der Waals surface area contributed by atoms with Crippen molar-refractivity contribution in [3.8, 4) is 0 Å². The van der Waals surface area contributed by atoms with E-state index in [4.69, 9.17) is 26.9 Å². The van der Waals surface area contributed by atoms with Crippen molar-refractivity contribution in [1.82, 2.24) is 0 Å². The number of nitrogens with two attached hydrogens (primary N) is 1. The highest BCUT2D eigenvalue weighted by Crippen LogP contribution is 2.21. The third kappa shape index (κ3) is 3.10. The van der Waals surface area contributed by atoms with Crippen molar-refractivity contribution < 1.29 is 19.1 Å². The zero-order valence-electron chi connectivity index (χ0n) is 10.2. The van der Waals surface area contributed by atoms with Crippen LogP contribution in [0.1, 0.15) is 26.7 Å². The highest BCUT2D eigenvalue weighted by atomic mass is 35.5. The minimum Gasteiger partial charge on any atom is -0.475 e. The molecule has 0 saturated carbocycles. The third-order valence-corrected chi connectivity index (χ3v) is 2.89. The molecule has 2 aromatic rings. The number of anilines is 1. The number of primary amides is 1. The van der Waals surface area contributed by atoms with Crippen LogP contribution in [-0.4, -0.2) is 17.0 Å². The summed E-state index contributed by atoms with van der Waals surface area (Å²) in [7, 11) is 0. The Morgan fingerprint density at radius 3 is 2.60 bits per heavy atom. The van der Waals surface area contributed by atoms with Crippen LogP contribution in [0.4, 0.5) is 5.69 Å². The monoisotopic (exact) mass is 294 g/mol. The number of furan rings is 1. The van der Waals surface area contributed by atoms with Crippen LogP contribution in [0.15, 0.2) is 34.7 Å². The van der Waals surface area contributed by atoms with Crippen LogP contribution < -0.4 is 11.1 Å². The summed E-state index contributed by atoms with van der Waals surface area (Å²) >= 11 is 5.91. The number of carbonyl (C=O) groups excluding carboxylic acids is 1. The molecule has 0 aliphatic heterocycles. The second-order valence-corrected chi connectivity index (χ2v) is 4.39. The number of amides is 1. The van der Waals surface area contributed by atoms with Crippen LogP contribution >= 0.6 is 11.6 Å². The van der Waals surface area contributed by atoms with Crippen molar-refractivity contribution in [2.45, 2.75) is 6.54 Å². The van der Waals surface area contributed by atoms with Crippen molar-refractivity contribution in [2.75, 3.05) is 5.32 Å². The lowest BCUT2D eigenvalue weighted by Crippen LogP contribution is -2.11. The number of aromatic carboxylic acids is 1. The van der Waals surface area contributed by atoms with Crippen LogP contribution in [0.3, 0.4) is 0 Å². The Kier molecular flexibility index (Phi) is 3.95. The predicted molar refractivity (Wildman–Crippen MR) is 73.0 cm³/mol. The summed E-state index contributed by atoms with van der Waals surface area (Å²) in [6.07, 6.45) is 0. The van der Waals surface area contributed by atoms with Crippen LogP contribution in [0, 0.1) is 0 Å². The second-order valence-electron chi connectivity index (χ2n) is 3.98. The molecule has 0 atom stereocenters. The minimum atomic E-state index is -1.12. The molecule has 1 aromatic carbocycles. The molecular weight excluding hydrogens is 284 g/mol. The first-order valence-corrected chi connectivity index (χ1v) is 6.00. The van der Waals surface area contributed by atoms with Gasteiger partial charge in [-0.25, -0.2) is 4.79 Å². The van der Waals surface area contributed by atoms with Gasteiger partial charge < -0.3 is 20.6 Å².